The van der Waals surface area contributed by atoms with Gasteiger partial charge in [-0.25, -0.2) is 0 Å². The fourth-order valence-electron chi connectivity index (χ4n) is 1.90. The molecule has 1 amide bonds. The van der Waals surface area contributed by atoms with E-state index in [4.69, 9.17) is 9.84 Å². The fourth-order valence-corrected chi connectivity index (χ4v) is 1.90. The third kappa shape index (κ3) is 1.34. The van der Waals surface area contributed by atoms with Crippen molar-refractivity contribution in [3.63, 3.8) is 0 Å². The Morgan fingerprint density at radius 1 is 1.77 bits per heavy atom. The average molecular weight is 185 g/mol. The van der Waals surface area contributed by atoms with Crippen molar-refractivity contribution in [1.82, 2.24) is 4.90 Å². The number of carbonyl (C=O) groups is 1. The number of hydrogen-bond donors (Lipinski definition) is 1. The molecule has 1 N–H and O–H groups in total. The van der Waals surface area contributed by atoms with Crippen molar-refractivity contribution in [3.8, 4) is 0 Å². The molecule has 2 atom stereocenters. The second-order valence-electron chi connectivity index (χ2n) is 4.00. The van der Waals surface area contributed by atoms with Crippen LogP contribution in [-0.4, -0.2) is 48.3 Å². The van der Waals surface area contributed by atoms with Crippen molar-refractivity contribution in [2.45, 2.75) is 19.4 Å². The topological polar surface area (TPSA) is 49.8 Å². The highest BCUT2D eigenvalue weighted by Crippen LogP contribution is 2.50. The summed E-state index contributed by atoms with van der Waals surface area (Å²) in [4.78, 5) is 13.5. The minimum Gasteiger partial charge on any atom is -0.395 e. The summed E-state index contributed by atoms with van der Waals surface area (Å²) in [5.74, 6) is 0.143. The van der Waals surface area contributed by atoms with Gasteiger partial charge in [-0.15, -0.1) is 0 Å². The molecule has 1 aliphatic carbocycles. The third-order valence-electron chi connectivity index (χ3n) is 2.99. The van der Waals surface area contributed by atoms with Crippen LogP contribution in [0.2, 0.25) is 0 Å². The van der Waals surface area contributed by atoms with Crippen LogP contribution in [0.15, 0.2) is 0 Å². The minimum absolute atomic E-state index is 0.0342. The second kappa shape index (κ2) is 2.96. The van der Waals surface area contributed by atoms with E-state index in [1.165, 1.54) is 0 Å². The van der Waals surface area contributed by atoms with Gasteiger partial charge in [0.2, 0.25) is 5.91 Å². The van der Waals surface area contributed by atoms with Gasteiger partial charge in [-0.1, -0.05) is 0 Å². The largest absolute Gasteiger partial charge is 0.395 e. The molecule has 0 aromatic heterocycles. The number of nitrogens with zero attached hydrogens (tertiary/aromatic N) is 1. The van der Waals surface area contributed by atoms with E-state index in [0.717, 1.165) is 6.42 Å². The van der Waals surface area contributed by atoms with Crippen LogP contribution in [0.4, 0.5) is 0 Å². The Morgan fingerprint density at radius 2 is 2.54 bits per heavy atom. The molecular formula is C9H15NO3. The first-order valence-electron chi connectivity index (χ1n) is 4.70. The van der Waals surface area contributed by atoms with E-state index in [-0.39, 0.29) is 24.0 Å². The molecule has 74 valence electrons. The van der Waals surface area contributed by atoms with Crippen LogP contribution >= 0.6 is 0 Å². The lowest BCUT2D eigenvalue weighted by Crippen LogP contribution is -2.38. The number of aliphatic hydroxyl groups is 1. The van der Waals surface area contributed by atoms with Gasteiger partial charge in [-0.2, -0.15) is 0 Å². The van der Waals surface area contributed by atoms with E-state index in [0.29, 0.717) is 19.7 Å². The van der Waals surface area contributed by atoms with E-state index in [1.54, 1.807) is 4.90 Å². The predicted molar refractivity (Wildman–Crippen MR) is 46.1 cm³/mol. The Labute approximate surface area is 77.5 Å². The third-order valence-corrected chi connectivity index (χ3v) is 2.99. The Kier molecular flexibility index (Phi) is 2.04. The molecule has 4 heteroatoms. The number of amides is 1. The molecule has 0 bridgehead atoms. The molecule has 2 aliphatic rings. The van der Waals surface area contributed by atoms with Crippen molar-refractivity contribution in [2.75, 3.05) is 26.3 Å². The summed E-state index contributed by atoms with van der Waals surface area (Å²) in [5.41, 5.74) is -0.286. The van der Waals surface area contributed by atoms with Crippen molar-refractivity contribution in [2.24, 2.45) is 5.41 Å². The van der Waals surface area contributed by atoms with E-state index in [1.807, 2.05) is 6.92 Å². The standard InChI is InChI=1S/C9H15NO3/c1-9-6-7(9)13-5-3-10(2-4-11)8(9)12/h7,11H,2-6H2,1H3/t7-,9+/m0/s1. The molecule has 0 aromatic rings. The lowest BCUT2D eigenvalue weighted by molar-refractivity contribution is -0.136. The van der Waals surface area contributed by atoms with Crippen LogP contribution in [0.5, 0.6) is 0 Å². The maximum atomic E-state index is 11.8. The summed E-state index contributed by atoms with van der Waals surface area (Å²) >= 11 is 0. The molecule has 13 heavy (non-hydrogen) atoms. The van der Waals surface area contributed by atoms with Gasteiger partial charge in [0.15, 0.2) is 0 Å². The molecular weight excluding hydrogens is 170 g/mol. The molecule has 0 unspecified atom stereocenters. The van der Waals surface area contributed by atoms with Gasteiger partial charge in [-0.05, 0) is 13.3 Å². The highest BCUT2D eigenvalue weighted by molar-refractivity contribution is 5.86. The number of β-amino-alcohol motifs (C(OH)–C–C–N with tert-alkyl or cyclic N) is 1. The van der Waals surface area contributed by atoms with Gasteiger partial charge >= 0.3 is 0 Å². The van der Waals surface area contributed by atoms with Gasteiger partial charge in [0.05, 0.1) is 24.7 Å². The minimum atomic E-state index is -0.286. The van der Waals surface area contributed by atoms with Crippen LogP contribution in [0, 0.1) is 5.41 Å². The predicted octanol–water partition coefficient (Wildman–Crippen LogP) is -0.384. The molecule has 1 saturated heterocycles. The van der Waals surface area contributed by atoms with Crippen LogP contribution in [-0.2, 0) is 9.53 Å². The highest BCUT2D eigenvalue weighted by Gasteiger charge is 2.59. The molecule has 1 aliphatic heterocycles. The molecule has 1 heterocycles. The Bertz CT molecular complexity index is 231. The van der Waals surface area contributed by atoms with Crippen LogP contribution < -0.4 is 0 Å². The summed E-state index contributed by atoms with van der Waals surface area (Å²) < 4.78 is 5.48. The smallest absolute Gasteiger partial charge is 0.231 e. The van der Waals surface area contributed by atoms with Crippen molar-refractivity contribution < 1.29 is 14.6 Å². The average Bonchev–Trinajstić information content (AvgIpc) is 2.76. The van der Waals surface area contributed by atoms with Crippen LogP contribution in [0.25, 0.3) is 0 Å². The number of carbonyl (C=O) groups excluding carboxylic acids is 1. The highest BCUT2D eigenvalue weighted by atomic mass is 16.5. The number of aliphatic hydroxyl groups excluding tert-OH is 1. The summed E-state index contributed by atoms with van der Waals surface area (Å²) in [6, 6.07) is 0. The van der Waals surface area contributed by atoms with Gasteiger partial charge in [0.25, 0.3) is 0 Å². The first-order chi connectivity index (χ1) is 6.18. The second-order valence-corrected chi connectivity index (χ2v) is 4.00. The van der Waals surface area contributed by atoms with E-state index < -0.39 is 0 Å². The Balaban J connectivity index is 2.08. The van der Waals surface area contributed by atoms with Gasteiger partial charge in [0, 0.05) is 13.1 Å². The van der Waals surface area contributed by atoms with Crippen LogP contribution in [0.3, 0.4) is 0 Å². The summed E-state index contributed by atoms with van der Waals surface area (Å²) in [6.45, 7) is 3.63. The van der Waals surface area contributed by atoms with Crippen LogP contribution in [0.1, 0.15) is 13.3 Å². The Hall–Kier alpha value is -0.610. The molecule has 2 rings (SSSR count). The van der Waals surface area contributed by atoms with E-state index in [9.17, 15) is 4.79 Å². The zero-order chi connectivity index (χ0) is 9.47. The lowest BCUT2D eigenvalue weighted by Gasteiger charge is -2.22. The summed E-state index contributed by atoms with van der Waals surface area (Å²) in [6.07, 6.45) is 0.969. The summed E-state index contributed by atoms with van der Waals surface area (Å²) in [7, 11) is 0. The number of fused-ring (bicyclic) bond motifs is 1. The monoisotopic (exact) mass is 185 g/mol. The van der Waals surface area contributed by atoms with E-state index in [2.05, 4.69) is 0 Å². The molecule has 4 nitrogen and oxygen atoms in total. The molecule has 0 aromatic carbocycles. The first-order valence-corrected chi connectivity index (χ1v) is 4.70. The zero-order valence-corrected chi connectivity index (χ0v) is 7.82. The normalized spacial score (nSPS) is 38.5. The molecule has 0 radical (unpaired) electrons. The lowest BCUT2D eigenvalue weighted by atomic mass is 10.1. The number of rotatable bonds is 2. The van der Waals surface area contributed by atoms with Crippen molar-refractivity contribution in [3.05, 3.63) is 0 Å². The Morgan fingerprint density at radius 3 is 3.23 bits per heavy atom. The molecule has 0 spiro atoms. The molecule has 1 saturated carbocycles. The first kappa shape index (κ1) is 8.97. The maximum Gasteiger partial charge on any atom is 0.231 e. The van der Waals surface area contributed by atoms with Gasteiger partial charge in [-0.3, -0.25) is 4.79 Å². The van der Waals surface area contributed by atoms with Crippen molar-refractivity contribution >= 4 is 5.91 Å². The SMILES string of the molecule is C[C@@]12C[C@@H]1OCCN(CCO)C2=O. The van der Waals surface area contributed by atoms with Gasteiger partial charge in [0.1, 0.15) is 0 Å². The maximum absolute atomic E-state index is 11.8. The quantitative estimate of drug-likeness (QED) is 0.637. The fraction of sp³-hybridized carbons (Fsp3) is 0.889. The number of hydrogen-bond acceptors (Lipinski definition) is 3. The number of ether oxygens (including phenoxy) is 1. The summed E-state index contributed by atoms with van der Waals surface area (Å²) in [5, 5.41) is 8.78. The molecule has 2 fully saturated rings. The van der Waals surface area contributed by atoms with Crippen molar-refractivity contribution in [1.29, 1.82) is 0 Å². The zero-order valence-electron chi connectivity index (χ0n) is 7.82. The van der Waals surface area contributed by atoms with Gasteiger partial charge < -0.3 is 14.7 Å². The van der Waals surface area contributed by atoms with E-state index >= 15 is 0 Å².